The molecule has 1 fully saturated rings. The minimum Gasteiger partial charge on any atom is -0.391 e. The molecule has 0 amide bonds. The average Bonchev–Trinajstić information content (AvgIpc) is 2.86. The van der Waals surface area contributed by atoms with Gasteiger partial charge in [-0.05, 0) is 24.5 Å². The monoisotopic (exact) mass is 250 g/mol. The molecule has 1 aliphatic rings. The van der Waals surface area contributed by atoms with Crippen LogP contribution < -0.4 is 4.90 Å². The van der Waals surface area contributed by atoms with E-state index >= 15 is 0 Å². The van der Waals surface area contributed by atoms with Gasteiger partial charge in [0.1, 0.15) is 0 Å². The Hall–Kier alpha value is -1.62. The van der Waals surface area contributed by atoms with Crippen molar-refractivity contribution < 1.29 is 10.0 Å². The van der Waals surface area contributed by atoms with E-state index in [0.29, 0.717) is 11.5 Å². The van der Waals surface area contributed by atoms with E-state index in [-0.39, 0.29) is 12.3 Å². The first-order chi connectivity index (χ1) is 8.65. The Morgan fingerprint density at radius 3 is 2.89 bits per heavy atom. The van der Waals surface area contributed by atoms with Crippen molar-refractivity contribution in [2.45, 2.75) is 26.4 Å². The van der Waals surface area contributed by atoms with Gasteiger partial charge in [-0.1, -0.05) is 13.3 Å². The van der Waals surface area contributed by atoms with Gasteiger partial charge in [-0.3, -0.25) is 10.1 Å². The summed E-state index contributed by atoms with van der Waals surface area (Å²) in [5.41, 5.74) is 1.35. The first-order valence-electron chi connectivity index (χ1n) is 6.28. The third-order valence-corrected chi connectivity index (χ3v) is 3.66. The SMILES string of the molecule is CCC1CCN(c2ccc([N+](=O)[O-])c(CO)c2)C1. The topological polar surface area (TPSA) is 66.6 Å². The van der Waals surface area contributed by atoms with Gasteiger partial charge >= 0.3 is 0 Å². The van der Waals surface area contributed by atoms with Crippen LogP contribution in [0.2, 0.25) is 0 Å². The summed E-state index contributed by atoms with van der Waals surface area (Å²) in [5.74, 6) is 0.706. The third-order valence-electron chi connectivity index (χ3n) is 3.66. The zero-order valence-electron chi connectivity index (χ0n) is 10.5. The van der Waals surface area contributed by atoms with Crippen LogP contribution in [0.5, 0.6) is 0 Å². The highest BCUT2D eigenvalue weighted by atomic mass is 16.6. The molecule has 5 nitrogen and oxygen atoms in total. The van der Waals surface area contributed by atoms with Crippen LogP contribution in [0.1, 0.15) is 25.3 Å². The van der Waals surface area contributed by atoms with Crippen molar-refractivity contribution in [3.8, 4) is 0 Å². The lowest BCUT2D eigenvalue weighted by atomic mass is 10.1. The third kappa shape index (κ3) is 2.46. The van der Waals surface area contributed by atoms with Crippen molar-refractivity contribution in [1.29, 1.82) is 0 Å². The lowest BCUT2D eigenvalue weighted by Gasteiger charge is -2.19. The molecule has 1 aliphatic heterocycles. The maximum Gasteiger partial charge on any atom is 0.275 e. The van der Waals surface area contributed by atoms with Gasteiger partial charge in [0.15, 0.2) is 0 Å². The molecule has 1 heterocycles. The van der Waals surface area contributed by atoms with Gasteiger partial charge in [0.2, 0.25) is 0 Å². The molecule has 98 valence electrons. The van der Waals surface area contributed by atoms with Gasteiger partial charge in [-0.25, -0.2) is 0 Å². The molecule has 18 heavy (non-hydrogen) atoms. The lowest BCUT2D eigenvalue weighted by Crippen LogP contribution is -2.19. The molecule has 0 radical (unpaired) electrons. The molecule has 0 aliphatic carbocycles. The fraction of sp³-hybridized carbons (Fsp3) is 0.538. The van der Waals surface area contributed by atoms with E-state index in [2.05, 4.69) is 11.8 Å². The summed E-state index contributed by atoms with van der Waals surface area (Å²) in [6, 6.07) is 4.99. The molecule has 5 heteroatoms. The van der Waals surface area contributed by atoms with Crippen LogP contribution in [-0.2, 0) is 6.61 Å². The second kappa shape index (κ2) is 5.35. The molecule has 0 bridgehead atoms. The highest BCUT2D eigenvalue weighted by Gasteiger charge is 2.23. The van der Waals surface area contributed by atoms with Crippen molar-refractivity contribution in [3.63, 3.8) is 0 Å². The Labute approximate surface area is 106 Å². The Morgan fingerprint density at radius 1 is 1.56 bits per heavy atom. The van der Waals surface area contributed by atoms with Crippen LogP contribution in [0.25, 0.3) is 0 Å². The van der Waals surface area contributed by atoms with Crippen LogP contribution in [-0.4, -0.2) is 23.1 Å². The molecule has 0 spiro atoms. The second-order valence-electron chi connectivity index (χ2n) is 4.74. The van der Waals surface area contributed by atoms with Crippen LogP contribution in [0, 0.1) is 16.0 Å². The molecule has 0 aromatic heterocycles. The fourth-order valence-corrected chi connectivity index (χ4v) is 2.47. The number of hydrogen-bond acceptors (Lipinski definition) is 4. The van der Waals surface area contributed by atoms with Gasteiger partial charge in [0.05, 0.1) is 17.1 Å². The highest BCUT2D eigenvalue weighted by molar-refractivity contribution is 5.56. The number of benzene rings is 1. The zero-order valence-corrected chi connectivity index (χ0v) is 10.5. The molecule has 1 atom stereocenters. The molecular formula is C13H18N2O3. The summed E-state index contributed by atoms with van der Waals surface area (Å²) in [6.07, 6.45) is 2.33. The summed E-state index contributed by atoms with van der Waals surface area (Å²) >= 11 is 0. The first-order valence-corrected chi connectivity index (χ1v) is 6.28. The van der Waals surface area contributed by atoms with E-state index in [4.69, 9.17) is 0 Å². The average molecular weight is 250 g/mol. The molecule has 2 rings (SSSR count). The largest absolute Gasteiger partial charge is 0.391 e. The number of rotatable bonds is 4. The Bertz CT molecular complexity index is 448. The fourth-order valence-electron chi connectivity index (χ4n) is 2.47. The van der Waals surface area contributed by atoms with Crippen LogP contribution in [0.4, 0.5) is 11.4 Å². The molecule has 1 unspecified atom stereocenters. The van der Waals surface area contributed by atoms with Crippen molar-refractivity contribution in [2.75, 3.05) is 18.0 Å². The maximum atomic E-state index is 10.8. The number of aliphatic hydroxyl groups is 1. The molecular weight excluding hydrogens is 232 g/mol. The lowest BCUT2D eigenvalue weighted by molar-refractivity contribution is -0.385. The second-order valence-corrected chi connectivity index (χ2v) is 4.74. The van der Waals surface area contributed by atoms with Crippen molar-refractivity contribution in [1.82, 2.24) is 0 Å². The summed E-state index contributed by atoms with van der Waals surface area (Å²) in [5, 5.41) is 20.0. The van der Waals surface area contributed by atoms with E-state index in [0.717, 1.165) is 25.2 Å². The van der Waals surface area contributed by atoms with Gasteiger partial charge in [0, 0.05) is 24.8 Å². The molecule has 1 N–H and O–H groups in total. The minimum absolute atomic E-state index is 0.00696. The molecule has 1 saturated heterocycles. The Morgan fingerprint density at radius 2 is 2.33 bits per heavy atom. The van der Waals surface area contributed by atoms with Gasteiger partial charge < -0.3 is 10.0 Å². The van der Waals surface area contributed by atoms with Gasteiger partial charge in [-0.2, -0.15) is 0 Å². The summed E-state index contributed by atoms with van der Waals surface area (Å²) in [6.45, 7) is 3.87. The van der Waals surface area contributed by atoms with Crippen LogP contribution in [0.3, 0.4) is 0 Å². The first kappa shape index (κ1) is 12.8. The van der Waals surface area contributed by atoms with E-state index in [1.54, 1.807) is 12.1 Å². The summed E-state index contributed by atoms with van der Waals surface area (Å²) in [4.78, 5) is 12.6. The predicted molar refractivity (Wildman–Crippen MR) is 69.6 cm³/mol. The molecule has 1 aromatic carbocycles. The smallest absolute Gasteiger partial charge is 0.275 e. The highest BCUT2D eigenvalue weighted by Crippen LogP contribution is 2.29. The summed E-state index contributed by atoms with van der Waals surface area (Å²) in [7, 11) is 0. The van der Waals surface area contributed by atoms with E-state index in [9.17, 15) is 15.2 Å². The van der Waals surface area contributed by atoms with E-state index in [1.165, 1.54) is 12.5 Å². The number of anilines is 1. The minimum atomic E-state index is -0.450. The van der Waals surface area contributed by atoms with Crippen molar-refractivity contribution in [3.05, 3.63) is 33.9 Å². The zero-order chi connectivity index (χ0) is 13.1. The van der Waals surface area contributed by atoms with E-state index in [1.807, 2.05) is 0 Å². The normalized spacial score (nSPS) is 19.2. The van der Waals surface area contributed by atoms with Gasteiger partial charge in [0.25, 0.3) is 5.69 Å². The molecule has 1 aromatic rings. The van der Waals surface area contributed by atoms with Crippen LogP contribution >= 0.6 is 0 Å². The number of nitrogens with zero attached hydrogens (tertiary/aromatic N) is 2. The Balaban J connectivity index is 2.22. The number of hydrogen-bond donors (Lipinski definition) is 1. The molecule has 0 saturated carbocycles. The summed E-state index contributed by atoms with van der Waals surface area (Å²) < 4.78 is 0. The predicted octanol–water partition coefficient (Wildman–Crippen LogP) is 2.32. The number of aliphatic hydroxyl groups excluding tert-OH is 1. The van der Waals surface area contributed by atoms with Crippen molar-refractivity contribution in [2.24, 2.45) is 5.92 Å². The maximum absolute atomic E-state index is 10.8. The van der Waals surface area contributed by atoms with Crippen LogP contribution in [0.15, 0.2) is 18.2 Å². The van der Waals surface area contributed by atoms with Gasteiger partial charge in [-0.15, -0.1) is 0 Å². The standard InChI is InChI=1S/C13H18N2O3/c1-2-10-5-6-14(8-10)12-3-4-13(15(17)18)11(7-12)9-16/h3-4,7,10,16H,2,5-6,8-9H2,1H3. The quantitative estimate of drug-likeness (QED) is 0.658. The Kier molecular flexibility index (Phi) is 3.81. The number of nitro groups is 1. The van der Waals surface area contributed by atoms with E-state index < -0.39 is 4.92 Å². The number of nitro benzene ring substituents is 1. The van der Waals surface area contributed by atoms with Crippen molar-refractivity contribution >= 4 is 11.4 Å².